The van der Waals surface area contributed by atoms with Crippen LogP contribution < -0.4 is 0 Å². The van der Waals surface area contributed by atoms with Gasteiger partial charge in [0, 0.05) is 39.0 Å². The van der Waals surface area contributed by atoms with Crippen molar-refractivity contribution in [3.63, 3.8) is 0 Å². The number of rotatable bonds is 6. The van der Waals surface area contributed by atoms with Gasteiger partial charge in [-0.1, -0.05) is 0 Å². The molecule has 1 aliphatic rings. The largest absolute Gasteiger partial charge is 0.376 e. The maximum absolute atomic E-state index is 12.0. The molecule has 0 N–H and O–H groups in total. The van der Waals surface area contributed by atoms with Crippen LogP contribution in [0.25, 0.3) is 0 Å². The summed E-state index contributed by atoms with van der Waals surface area (Å²) in [5.41, 5.74) is 2.01. The topological polar surface area (TPSA) is 56.6 Å². The third-order valence-electron chi connectivity index (χ3n) is 3.75. The Morgan fingerprint density at radius 3 is 3.00 bits per heavy atom. The van der Waals surface area contributed by atoms with E-state index in [0.717, 1.165) is 30.7 Å². The zero-order chi connectivity index (χ0) is 15.2. The van der Waals surface area contributed by atoms with Crippen molar-refractivity contribution in [3.05, 3.63) is 17.5 Å². The molecular formula is C15H25N3O3. The van der Waals surface area contributed by atoms with E-state index in [4.69, 9.17) is 9.47 Å². The third-order valence-corrected chi connectivity index (χ3v) is 3.75. The van der Waals surface area contributed by atoms with Crippen LogP contribution in [0.15, 0.2) is 6.20 Å². The molecule has 1 fully saturated rings. The van der Waals surface area contributed by atoms with Crippen LogP contribution in [0.3, 0.4) is 0 Å². The molecule has 2 rings (SSSR count). The summed E-state index contributed by atoms with van der Waals surface area (Å²) in [5, 5.41) is 4.28. The number of amides is 1. The van der Waals surface area contributed by atoms with Crippen LogP contribution in [-0.4, -0.2) is 53.6 Å². The fourth-order valence-corrected chi connectivity index (χ4v) is 2.47. The number of carbonyl (C=O) groups is 1. The first-order chi connectivity index (χ1) is 10.1. The van der Waals surface area contributed by atoms with Crippen molar-refractivity contribution in [2.24, 2.45) is 7.05 Å². The van der Waals surface area contributed by atoms with Gasteiger partial charge in [0.25, 0.3) is 0 Å². The average molecular weight is 295 g/mol. The number of aromatic nitrogens is 2. The lowest BCUT2D eigenvalue weighted by atomic mass is 10.1. The Labute approximate surface area is 126 Å². The van der Waals surface area contributed by atoms with Crippen LogP contribution in [0.4, 0.5) is 0 Å². The summed E-state index contributed by atoms with van der Waals surface area (Å²) in [7, 11) is 3.67. The molecule has 0 spiro atoms. The van der Waals surface area contributed by atoms with Gasteiger partial charge in [-0.15, -0.1) is 0 Å². The lowest BCUT2D eigenvalue weighted by molar-refractivity contribution is -0.137. The van der Waals surface area contributed by atoms with Crippen LogP contribution in [-0.2, 0) is 27.9 Å². The Morgan fingerprint density at radius 2 is 2.38 bits per heavy atom. The van der Waals surface area contributed by atoms with Gasteiger partial charge < -0.3 is 14.4 Å². The van der Waals surface area contributed by atoms with Crippen LogP contribution in [0.2, 0.25) is 0 Å². The second kappa shape index (κ2) is 7.56. The van der Waals surface area contributed by atoms with E-state index >= 15 is 0 Å². The summed E-state index contributed by atoms with van der Waals surface area (Å²) in [6, 6.07) is 0. The van der Waals surface area contributed by atoms with Crippen LogP contribution in [0.1, 0.15) is 30.5 Å². The van der Waals surface area contributed by atoms with Gasteiger partial charge in [0.05, 0.1) is 18.4 Å². The normalized spacial score (nSPS) is 18.7. The maximum atomic E-state index is 12.0. The number of likely N-dealkylation sites (N-methyl/N-ethyl adjacent to an activating group) is 1. The lowest BCUT2D eigenvalue weighted by Crippen LogP contribution is -2.32. The van der Waals surface area contributed by atoms with Gasteiger partial charge in [-0.3, -0.25) is 9.48 Å². The second-order valence-electron chi connectivity index (χ2n) is 5.67. The fourth-order valence-electron chi connectivity index (χ4n) is 2.47. The minimum atomic E-state index is -0.0194. The number of hydrogen-bond acceptors (Lipinski definition) is 4. The molecule has 6 heteroatoms. The predicted molar refractivity (Wildman–Crippen MR) is 78.8 cm³/mol. The van der Waals surface area contributed by atoms with Gasteiger partial charge in [-0.2, -0.15) is 5.10 Å². The van der Waals surface area contributed by atoms with Crippen molar-refractivity contribution in [1.82, 2.24) is 14.7 Å². The van der Waals surface area contributed by atoms with Gasteiger partial charge >= 0.3 is 0 Å². The lowest BCUT2D eigenvalue weighted by Gasteiger charge is -2.23. The number of hydrogen-bond donors (Lipinski definition) is 0. The monoisotopic (exact) mass is 295 g/mol. The smallest absolute Gasteiger partial charge is 0.248 e. The molecule has 0 saturated carbocycles. The Kier molecular flexibility index (Phi) is 5.76. The Morgan fingerprint density at radius 1 is 1.57 bits per heavy atom. The van der Waals surface area contributed by atoms with Gasteiger partial charge in [0.1, 0.15) is 6.61 Å². The van der Waals surface area contributed by atoms with Crippen molar-refractivity contribution in [2.75, 3.05) is 26.9 Å². The highest BCUT2D eigenvalue weighted by molar-refractivity contribution is 5.77. The molecule has 1 aliphatic heterocycles. The highest BCUT2D eigenvalue weighted by Crippen LogP contribution is 2.13. The summed E-state index contributed by atoms with van der Waals surface area (Å²) in [6.45, 7) is 3.93. The summed E-state index contributed by atoms with van der Waals surface area (Å²) in [4.78, 5) is 13.7. The van der Waals surface area contributed by atoms with E-state index in [0.29, 0.717) is 13.2 Å². The first-order valence-electron chi connectivity index (χ1n) is 7.48. The molecule has 118 valence electrons. The second-order valence-corrected chi connectivity index (χ2v) is 5.67. The third kappa shape index (κ3) is 4.82. The number of carbonyl (C=O) groups excluding carboxylic acids is 1. The molecule has 0 aliphatic carbocycles. The highest BCUT2D eigenvalue weighted by atomic mass is 16.5. The number of nitrogens with zero attached hydrogens (tertiary/aromatic N) is 3. The highest BCUT2D eigenvalue weighted by Gasteiger charge is 2.16. The number of ether oxygens (including phenoxy) is 2. The molecule has 21 heavy (non-hydrogen) atoms. The minimum absolute atomic E-state index is 0.0194. The van der Waals surface area contributed by atoms with Crippen molar-refractivity contribution < 1.29 is 14.3 Å². The SMILES string of the molecule is Cc1nn(C)cc1CN(C)C(=O)COCC1CCCCO1. The summed E-state index contributed by atoms with van der Waals surface area (Å²) in [5.74, 6) is -0.0194. The van der Waals surface area contributed by atoms with E-state index in [2.05, 4.69) is 5.10 Å². The van der Waals surface area contributed by atoms with E-state index in [1.165, 1.54) is 6.42 Å². The molecule has 2 heterocycles. The molecule has 6 nitrogen and oxygen atoms in total. The van der Waals surface area contributed by atoms with E-state index in [1.54, 1.807) is 16.6 Å². The van der Waals surface area contributed by atoms with E-state index in [1.807, 2.05) is 20.2 Å². The minimum Gasteiger partial charge on any atom is -0.376 e. The number of aryl methyl sites for hydroxylation is 2. The van der Waals surface area contributed by atoms with Crippen LogP contribution in [0, 0.1) is 6.92 Å². The molecular weight excluding hydrogens is 270 g/mol. The van der Waals surface area contributed by atoms with E-state index in [-0.39, 0.29) is 18.6 Å². The fraction of sp³-hybridized carbons (Fsp3) is 0.733. The zero-order valence-corrected chi connectivity index (χ0v) is 13.2. The molecule has 1 saturated heterocycles. The maximum Gasteiger partial charge on any atom is 0.248 e. The van der Waals surface area contributed by atoms with Crippen molar-refractivity contribution >= 4 is 5.91 Å². The summed E-state index contributed by atoms with van der Waals surface area (Å²) >= 11 is 0. The predicted octanol–water partition coefficient (Wildman–Crippen LogP) is 1.27. The molecule has 0 aromatic carbocycles. The first-order valence-corrected chi connectivity index (χ1v) is 7.48. The first kappa shape index (κ1) is 16.0. The van der Waals surface area contributed by atoms with Gasteiger partial charge in [0.2, 0.25) is 5.91 Å². The van der Waals surface area contributed by atoms with Gasteiger partial charge in [0.15, 0.2) is 0 Å². The van der Waals surface area contributed by atoms with Crippen molar-refractivity contribution in [3.8, 4) is 0 Å². The van der Waals surface area contributed by atoms with Crippen LogP contribution in [0.5, 0.6) is 0 Å². The Bertz CT molecular complexity index is 467. The Balaban J connectivity index is 1.71. The molecule has 0 radical (unpaired) electrons. The van der Waals surface area contributed by atoms with Gasteiger partial charge in [-0.25, -0.2) is 0 Å². The van der Waals surface area contributed by atoms with Gasteiger partial charge in [-0.05, 0) is 26.2 Å². The van der Waals surface area contributed by atoms with Crippen LogP contribution >= 0.6 is 0 Å². The average Bonchev–Trinajstić information content (AvgIpc) is 2.78. The zero-order valence-electron chi connectivity index (χ0n) is 13.2. The van der Waals surface area contributed by atoms with E-state index < -0.39 is 0 Å². The van der Waals surface area contributed by atoms with E-state index in [9.17, 15) is 4.79 Å². The molecule has 1 atom stereocenters. The summed E-state index contributed by atoms with van der Waals surface area (Å²) < 4.78 is 12.8. The molecule has 1 aromatic heterocycles. The Hall–Kier alpha value is -1.40. The quantitative estimate of drug-likeness (QED) is 0.793. The molecule has 1 aromatic rings. The van der Waals surface area contributed by atoms with Crippen molar-refractivity contribution in [1.29, 1.82) is 0 Å². The molecule has 1 amide bonds. The molecule has 0 bridgehead atoms. The standard InChI is InChI=1S/C15H25N3O3/c1-12-13(9-18(3)16-12)8-17(2)15(19)11-20-10-14-6-4-5-7-21-14/h9,14H,4-8,10-11H2,1-3H3. The van der Waals surface area contributed by atoms with Crippen molar-refractivity contribution in [2.45, 2.75) is 38.8 Å². The summed E-state index contributed by atoms with van der Waals surface area (Å²) in [6.07, 6.45) is 5.43. The molecule has 1 unspecified atom stereocenters.